The van der Waals surface area contributed by atoms with E-state index in [4.69, 9.17) is 9.47 Å². The van der Waals surface area contributed by atoms with Gasteiger partial charge in [-0.1, -0.05) is 11.8 Å². The molecule has 3 rings (SSSR count). The van der Waals surface area contributed by atoms with Gasteiger partial charge in [0.15, 0.2) is 17.3 Å². The minimum atomic E-state index is -0.435. The topological polar surface area (TPSA) is 143 Å². The van der Waals surface area contributed by atoms with Crippen LogP contribution in [-0.4, -0.2) is 55.1 Å². The van der Waals surface area contributed by atoms with Crippen LogP contribution in [0.2, 0.25) is 0 Å². The Morgan fingerprint density at radius 1 is 1.23 bits per heavy atom. The van der Waals surface area contributed by atoms with Crippen molar-refractivity contribution in [2.45, 2.75) is 31.8 Å². The van der Waals surface area contributed by atoms with Crippen molar-refractivity contribution >= 4 is 23.7 Å². The molecule has 12 nitrogen and oxygen atoms in total. The Bertz CT molecular complexity index is 1130. The summed E-state index contributed by atoms with van der Waals surface area (Å²) in [5, 5.41) is 38.5. The fraction of sp³-hybridized carbons (Fsp3) is 0.333. The van der Waals surface area contributed by atoms with Crippen molar-refractivity contribution in [1.82, 2.24) is 24.7 Å². The van der Waals surface area contributed by atoms with E-state index in [1.54, 1.807) is 43.8 Å². The highest BCUT2D eigenvalue weighted by Gasteiger charge is 2.22. The number of nitro groups is 1. The van der Waals surface area contributed by atoms with E-state index in [-0.39, 0.29) is 22.9 Å². The molecule has 2 heterocycles. The maximum Gasteiger partial charge on any atom is 0.312 e. The maximum atomic E-state index is 11.2. The lowest BCUT2D eigenvalue weighted by atomic mass is 10.2. The van der Waals surface area contributed by atoms with Crippen LogP contribution in [0.25, 0.3) is 0 Å². The number of benzene rings is 1. The van der Waals surface area contributed by atoms with E-state index >= 15 is 0 Å². The number of hydrogen-bond donors (Lipinski definition) is 1. The molecule has 1 aromatic carbocycles. The number of aryl methyl sites for hydroxylation is 2. The van der Waals surface area contributed by atoms with Crippen molar-refractivity contribution in [2.24, 2.45) is 5.10 Å². The van der Waals surface area contributed by atoms with Gasteiger partial charge in [0.25, 0.3) is 0 Å². The van der Waals surface area contributed by atoms with Gasteiger partial charge in [0.1, 0.15) is 11.4 Å². The average Bonchev–Trinajstić information content (AvgIpc) is 3.23. The number of phenolic OH excluding ortho intramolecular Hbond substituents is 1. The van der Waals surface area contributed by atoms with Crippen LogP contribution in [0.15, 0.2) is 22.4 Å². The van der Waals surface area contributed by atoms with Gasteiger partial charge in [-0.2, -0.15) is 14.9 Å². The molecule has 0 aliphatic rings. The number of nitrogens with zero attached hydrogens (tertiary/aromatic N) is 7. The molecule has 0 bridgehead atoms. The first-order chi connectivity index (χ1) is 14.8. The normalized spacial score (nSPS) is 11.3. The molecule has 0 fully saturated rings. The lowest BCUT2D eigenvalue weighted by molar-refractivity contribution is -0.386. The quantitative estimate of drug-likeness (QED) is 0.238. The predicted molar refractivity (Wildman–Crippen MR) is 113 cm³/mol. The summed E-state index contributed by atoms with van der Waals surface area (Å²) in [4.78, 5) is 10.8. The third-order valence-corrected chi connectivity index (χ3v) is 5.32. The number of hydrogen-bond acceptors (Lipinski definition) is 10. The SMILES string of the molecule is COc1cc(C=Nn2c(C)nnc2SCn2nc(C)c([N+](=O)[O-])c2C)cc(OC)c1O. The Labute approximate surface area is 181 Å². The second-order valence-electron chi connectivity index (χ2n) is 6.41. The molecule has 0 radical (unpaired) electrons. The third kappa shape index (κ3) is 4.45. The van der Waals surface area contributed by atoms with E-state index in [1.165, 1.54) is 30.7 Å². The molecule has 0 spiro atoms. The zero-order valence-corrected chi connectivity index (χ0v) is 18.4. The van der Waals surface area contributed by atoms with Gasteiger partial charge in [-0.3, -0.25) is 14.8 Å². The Kier molecular flexibility index (Phi) is 6.44. The lowest BCUT2D eigenvalue weighted by Crippen LogP contribution is -2.02. The number of ether oxygens (including phenoxy) is 2. The summed E-state index contributed by atoms with van der Waals surface area (Å²) in [7, 11) is 2.88. The summed E-state index contributed by atoms with van der Waals surface area (Å²) in [6, 6.07) is 3.23. The first kappa shape index (κ1) is 22.1. The molecule has 0 saturated carbocycles. The average molecular weight is 447 g/mol. The second-order valence-corrected chi connectivity index (χ2v) is 7.32. The highest BCUT2D eigenvalue weighted by atomic mass is 32.2. The van der Waals surface area contributed by atoms with Crippen molar-refractivity contribution in [2.75, 3.05) is 14.2 Å². The molecule has 1 N–H and O–H groups in total. The van der Waals surface area contributed by atoms with Crippen molar-refractivity contribution in [1.29, 1.82) is 0 Å². The molecular formula is C18H21N7O5S. The van der Waals surface area contributed by atoms with Gasteiger partial charge in [0.2, 0.25) is 10.9 Å². The van der Waals surface area contributed by atoms with Gasteiger partial charge in [-0.05, 0) is 32.9 Å². The highest BCUT2D eigenvalue weighted by Crippen LogP contribution is 2.36. The molecule has 13 heteroatoms. The fourth-order valence-electron chi connectivity index (χ4n) is 2.87. The Balaban J connectivity index is 1.84. The fourth-order valence-corrected chi connectivity index (χ4v) is 3.76. The van der Waals surface area contributed by atoms with E-state index in [0.29, 0.717) is 33.8 Å². The molecular weight excluding hydrogens is 426 g/mol. The Morgan fingerprint density at radius 2 is 1.87 bits per heavy atom. The second kappa shape index (κ2) is 9.04. The summed E-state index contributed by atoms with van der Waals surface area (Å²) in [6.45, 7) is 5.00. The first-order valence-electron chi connectivity index (χ1n) is 8.99. The number of methoxy groups -OCH3 is 2. The predicted octanol–water partition coefficient (Wildman–Crippen LogP) is 2.66. The summed E-state index contributed by atoms with van der Waals surface area (Å²) < 4.78 is 13.4. The van der Waals surface area contributed by atoms with Gasteiger partial charge in [-0.25, -0.2) is 0 Å². The van der Waals surface area contributed by atoms with E-state index in [1.807, 2.05) is 0 Å². The summed E-state index contributed by atoms with van der Waals surface area (Å²) >= 11 is 1.29. The zero-order valence-electron chi connectivity index (χ0n) is 17.6. The largest absolute Gasteiger partial charge is 0.502 e. The maximum absolute atomic E-state index is 11.2. The minimum absolute atomic E-state index is 0.00601. The zero-order chi connectivity index (χ0) is 22.7. The molecule has 2 aromatic heterocycles. The van der Waals surface area contributed by atoms with E-state index in [9.17, 15) is 15.2 Å². The van der Waals surface area contributed by atoms with Crippen molar-refractivity contribution < 1.29 is 19.5 Å². The standard InChI is InChI=1S/C18H21N7O5S/c1-10-16(25(27)28)11(2)23(22-10)9-31-18-21-20-12(3)24(18)19-8-13-6-14(29-4)17(26)15(7-13)30-5/h6-8,26H,9H2,1-5H3. The Morgan fingerprint density at radius 3 is 2.42 bits per heavy atom. The van der Waals surface area contributed by atoms with Crippen molar-refractivity contribution in [3.05, 3.63) is 45.0 Å². The summed E-state index contributed by atoms with van der Waals surface area (Å²) in [5.41, 5.74) is 1.45. The molecule has 0 unspecified atom stereocenters. The van der Waals surface area contributed by atoms with E-state index in [0.717, 1.165) is 0 Å². The first-order valence-corrected chi connectivity index (χ1v) is 9.97. The highest BCUT2D eigenvalue weighted by molar-refractivity contribution is 7.98. The molecule has 0 aliphatic carbocycles. The van der Waals surface area contributed by atoms with Gasteiger partial charge >= 0.3 is 5.69 Å². The van der Waals surface area contributed by atoms with Crippen molar-refractivity contribution in [3.8, 4) is 17.2 Å². The molecule has 0 saturated heterocycles. The number of aromatic nitrogens is 5. The number of rotatable bonds is 8. The van der Waals surface area contributed by atoms with Gasteiger partial charge in [0.05, 0.1) is 31.2 Å². The lowest BCUT2D eigenvalue weighted by Gasteiger charge is -2.09. The Hall–Kier alpha value is -3.61. The van der Waals surface area contributed by atoms with Crippen LogP contribution in [0, 0.1) is 30.9 Å². The van der Waals surface area contributed by atoms with Crippen LogP contribution < -0.4 is 9.47 Å². The van der Waals surface area contributed by atoms with Gasteiger partial charge < -0.3 is 14.6 Å². The summed E-state index contributed by atoms with van der Waals surface area (Å²) in [5.74, 6) is 1.26. The van der Waals surface area contributed by atoms with Gasteiger partial charge in [-0.15, -0.1) is 10.2 Å². The monoisotopic (exact) mass is 447 g/mol. The smallest absolute Gasteiger partial charge is 0.312 e. The van der Waals surface area contributed by atoms with E-state index < -0.39 is 4.92 Å². The van der Waals surface area contributed by atoms with Gasteiger partial charge in [0, 0.05) is 5.56 Å². The molecule has 164 valence electrons. The van der Waals surface area contributed by atoms with E-state index in [2.05, 4.69) is 20.4 Å². The van der Waals surface area contributed by atoms with Crippen LogP contribution in [0.4, 0.5) is 5.69 Å². The van der Waals surface area contributed by atoms with Crippen LogP contribution in [0.5, 0.6) is 17.2 Å². The molecule has 3 aromatic rings. The molecule has 31 heavy (non-hydrogen) atoms. The molecule has 0 atom stereocenters. The summed E-state index contributed by atoms with van der Waals surface area (Å²) in [6.07, 6.45) is 1.55. The van der Waals surface area contributed by atoms with Crippen molar-refractivity contribution in [3.63, 3.8) is 0 Å². The number of aromatic hydroxyl groups is 1. The van der Waals surface area contributed by atoms with Crippen LogP contribution in [0.1, 0.15) is 22.8 Å². The van der Waals surface area contributed by atoms with Crippen LogP contribution in [-0.2, 0) is 5.88 Å². The van der Waals surface area contributed by atoms with Crippen LogP contribution in [0.3, 0.4) is 0 Å². The number of phenols is 1. The molecule has 0 amide bonds. The number of thioether (sulfide) groups is 1. The van der Waals surface area contributed by atoms with Crippen LogP contribution >= 0.6 is 11.8 Å². The molecule has 0 aliphatic heterocycles. The minimum Gasteiger partial charge on any atom is -0.502 e. The third-order valence-electron chi connectivity index (χ3n) is 4.43.